The highest BCUT2D eigenvalue weighted by Gasteiger charge is 2.64. The molecule has 2 rings (SSSR count). The molecule has 1 fully saturated rings. The SMILES string of the molecule is OC(C(C(F)(F)F)C12C=CC(CC1)C2)C(F)(F)F. The minimum Gasteiger partial charge on any atom is -0.383 e. The van der Waals surface area contributed by atoms with E-state index in [2.05, 4.69) is 0 Å². The highest BCUT2D eigenvalue weighted by Crippen LogP contribution is 2.59. The van der Waals surface area contributed by atoms with Crippen LogP contribution in [0.1, 0.15) is 19.3 Å². The van der Waals surface area contributed by atoms with E-state index in [0.29, 0.717) is 6.42 Å². The summed E-state index contributed by atoms with van der Waals surface area (Å²) in [4.78, 5) is 0. The minimum absolute atomic E-state index is 0.0459. The predicted octanol–water partition coefficient (Wildman–Crippen LogP) is 3.44. The number of allylic oxidation sites excluding steroid dienone is 2. The van der Waals surface area contributed by atoms with Crippen molar-refractivity contribution in [1.29, 1.82) is 0 Å². The van der Waals surface area contributed by atoms with Crippen LogP contribution in [0.4, 0.5) is 26.3 Å². The third-order valence-corrected chi connectivity index (χ3v) is 3.95. The molecule has 0 spiro atoms. The van der Waals surface area contributed by atoms with E-state index in [0.717, 1.165) is 0 Å². The molecule has 4 atom stereocenters. The molecule has 0 amide bonds. The quantitative estimate of drug-likeness (QED) is 0.604. The first-order valence-corrected chi connectivity index (χ1v) is 5.57. The number of rotatable bonds is 2. The van der Waals surface area contributed by atoms with E-state index < -0.39 is 29.8 Å². The van der Waals surface area contributed by atoms with Gasteiger partial charge in [0.05, 0.1) is 5.92 Å². The second kappa shape index (κ2) is 3.88. The number of alkyl halides is 6. The fourth-order valence-electron chi connectivity index (χ4n) is 3.18. The molecule has 7 heteroatoms. The number of hydrogen-bond donors (Lipinski definition) is 1. The van der Waals surface area contributed by atoms with Gasteiger partial charge in [0.15, 0.2) is 6.10 Å². The number of halogens is 6. The molecule has 1 saturated carbocycles. The Bertz CT molecular complexity index is 358. The smallest absolute Gasteiger partial charge is 0.383 e. The van der Waals surface area contributed by atoms with E-state index >= 15 is 0 Å². The predicted molar refractivity (Wildman–Crippen MR) is 50.5 cm³/mol. The summed E-state index contributed by atoms with van der Waals surface area (Å²) in [5, 5.41) is 9.08. The van der Waals surface area contributed by atoms with Gasteiger partial charge in [-0.25, -0.2) is 0 Å². The van der Waals surface area contributed by atoms with Crippen molar-refractivity contribution < 1.29 is 31.4 Å². The second-order valence-electron chi connectivity index (χ2n) is 5.10. The molecule has 0 heterocycles. The Balaban J connectivity index is 2.36. The maximum Gasteiger partial charge on any atom is 0.414 e. The highest BCUT2D eigenvalue weighted by atomic mass is 19.4. The molecule has 4 unspecified atom stereocenters. The molecule has 2 aliphatic carbocycles. The van der Waals surface area contributed by atoms with Crippen molar-refractivity contribution in [1.82, 2.24) is 0 Å². The molecule has 1 nitrogen and oxygen atoms in total. The molecule has 0 radical (unpaired) electrons. The summed E-state index contributed by atoms with van der Waals surface area (Å²) in [6.07, 6.45) is -10.4. The molecule has 0 aromatic carbocycles. The van der Waals surface area contributed by atoms with E-state index in [1.54, 1.807) is 0 Å². The van der Waals surface area contributed by atoms with Gasteiger partial charge in [-0.15, -0.1) is 0 Å². The lowest BCUT2D eigenvalue weighted by Crippen LogP contribution is -2.50. The summed E-state index contributed by atoms with van der Waals surface area (Å²) in [7, 11) is 0. The largest absolute Gasteiger partial charge is 0.414 e. The van der Waals surface area contributed by atoms with Crippen molar-refractivity contribution >= 4 is 0 Å². The van der Waals surface area contributed by atoms with Crippen LogP contribution < -0.4 is 0 Å². The van der Waals surface area contributed by atoms with Gasteiger partial charge in [0.1, 0.15) is 0 Å². The zero-order valence-electron chi connectivity index (χ0n) is 9.22. The van der Waals surface area contributed by atoms with Crippen LogP contribution >= 0.6 is 0 Å². The summed E-state index contributed by atoms with van der Waals surface area (Å²) in [6.45, 7) is 0. The molecule has 2 bridgehead atoms. The summed E-state index contributed by atoms with van der Waals surface area (Å²) < 4.78 is 76.0. The maximum absolute atomic E-state index is 12.9. The van der Waals surface area contributed by atoms with Gasteiger partial charge in [0.25, 0.3) is 0 Å². The first kappa shape index (κ1) is 13.7. The van der Waals surface area contributed by atoms with Gasteiger partial charge in [0, 0.05) is 5.41 Å². The van der Waals surface area contributed by atoms with E-state index in [-0.39, 0.29) is 18.8 Å². The standard InChI is InChI=1S/C11H12F6O/c12-10(13,14)7(8(18)11(15,16)17)9-3-1-6(5-9)2-4-9/h1,3,6-8,18H,2,4-5H2. The highest BCUT2D eigenvalue weighted by molar-refractivity contribution is 5.19. The van der Waals surface area contributed by atoms with Crippen LogP contribution in [0.15, 0.2) is 12.2 Å². The third-order valence-electron chi connectivity index (χ3n) is 3.95. The summed E-state index contributed by atoms with van der Waals surface area (Å²) in [5.41, 5.74) is -1.59. The Kier molecular flexibility index (Phi) is 2.96. The monoisotopic (exact) mass is 274 g/mol. The van der Waals surface area contributed by atoms with Crippen molar-refractivity contribution in [3.8, 4) is 0 Å². The Labute approximate surface area is 99.5 Å². The Morgan fingerprint density at radius 2 is 1.72 bits per heavy atom. The fraction of sp³-hybridized carbons (Fsp3) is 0.818. The van der Waals surface area contributed by atoms with E-state index in [4.69, 9.17) is 5.11 Å². The molecular weight excluding hydrogens is 262 g/mol. The van der Waals surface area contributed by atoms with Crippen LogP contribution in [0, 0.1) is 17.3 Å². The molecular formula is C11H12F6O. The molecule has 2 aliphatic rings. The molecule has 0 aromatic heterocycles. The third kappa shape index (κ3) is 2.13. The van der Waals surface area contributed by atoms with Crippen molar-refractivity contribution in [2.45, 2.75) is 37.7 Å². The van der Waals surface area contributed by atoms with Gasteiger partial charge in [0.2, 0.25) is 0 Å². The lowest BCUT2D eigenvalue weighted by atomic mass is 9.71. The molecule has 1 N–H and O–H groups in total. The van der Waals surface area contributed by atoms with E-state index in [1.807, 2.05) is 0 Å². The van der Waals surface area contributed by atoms with Crippen LogP contribution in [-0.2, 0) is 0 Å². The van der Waals surface area contributed by atoms with Crippen molar-refractivity contribution in [3.63, 3.8) is 0 Å². The van der Waals surface area contributed by atoms with Gasteiger partial charge in [-0.2, -0.15) is 26.3 Å². The Morgan fingerprint density at radius 1 is 1.11 bits per heavy atom. The lowest BCUT2D eigenvalue weighted by molar-refractivity contribution is -0.293. The number of fused-ring (bicyclic) bond motifs is 2. The molecule has 104 valence electrons. The zero-order chi connectivity index (χ0) is 13.8. The molecule has 0 aromatic rings. The Hall–Kier alpha value is -0.720. The zero-order valence-corrected chi connectivity index (χ0v) is 9.22. The van der Waals surface area contributed by atoms with Gasteiger partial charge < -0.3 is 5.11 Å². The topological polar surface area (TPSA) is 20.2 Å². The normalized spacial score (nSPS) is 34.9. The lowest BCUT2D eigenvalue weighted by Gasteiger charge is -2.38. The second-order valence-corrected chi connectivity index (χ2v) is 5.10. The molecule has 0 aliphatic heterocycles. The van der Waals surface area contributed by atoms with E-state index in [1.165, 1.54) is 12.2 Å². The number of hydrogen-bond acceptors (Lipinski definition) is 1. The van der Waals surface area contributed by atoms with Crippen molar-refractivity contribution in [3.05, 3.63) is 12.2 Å². The van der Waals surface area contributed by atoms with Crippen LogP contribution in [0.5, 0.6) is 0 Å². The Morgan fingerprint density at radius 3 is 2.00 bits per heavy atom. The average Bonchev–Trinajstić information content (AvgIpc) is 2.73. The average molecular weight is 274 g/mol. The number of aliphatic hydroxyl groups is 1. The van der Waals surface area contributed by atoms with Gasteiger partial charge >= 0.3 is 12.4 Å². The van der Waals surface area contributed by atoms with Gasteiger partial charge in [-0.3, -0.25) is 0 Å². The van der Waals surface area contributed by atoms with Crippen molar-refractivity contribution in [2.24, 2.45) is 17.3 Å². The van der Waals surface area contributed by atoms with Crippen LogP contribution in [0.2, 0.25) is 0 Å². The van der Waals surface area contributed by atoms with Crippen LogP contribution in [0.3, 0.4) is 0 Å². The molecule has 0 saturated heterocycles. The fourth-order valence-corrected chi connectivity index (χ4v) is 3.18. The molecule has 18 heavy (non-hydrogen) atoms. The van der Waals surface area contributed by atoms with E-state index in [9.17, 15) is 26.3 Å². The van der Waals surface area contributed by atoms with Gasteiger partial charge in [-0.1, -0.05) is 12.2 Å². The van der Waals surface area contributed by atoms with Crippen LogP contribution in [0.25, 0.3) is 0 Å². The first-order valence-electron chi connectivity index (χ1n) is 5.57. The van der Waals surface area contributed by atoms with Crippen molar-refractivity contribution in [2.75, 3.05) is 0 Å². The maximum atomic E-state index is 12.9. The minimum atomic E-state index is -5.26. The summed E-state index contributed by atoms with van der Waals surface area (Å²) in [6, 6.07) is 0. The van der Waals surface area contributed by atoms with Crippen LogP contribution in [-0.4, -0.2) is 23.6 Å². The van der Waals surface area contributed by atoms with Gasteiger partial charge in [-0.05, 0) is 25.2 Å². The number of aliphatic hydroxyl groups excluding tert-OH is 1. The summed E-state index contributed by atoms with van der Waals surface area (Å²) >= 11 is 0. The summed E-state index contributed by atoms with van der Waals surface area (Å²) in [5.74, 6) is -2.86. The first-order chi connectivity index (χ1) is 8.06.